The van der Waals surface area contributed by atoms with Gasteiger partial charge in [0.2, 0.25) is 19.8 Å². The molecule has 0 aliphatic rings. The van der Waals surface area contributed by atoms with Crippen LogP contribution in [0.25, 0.3) is 22.2 Å². The molecule has 5 aromatic rings. The number of aromatic amines is 1. The first kappa shape index (κ1) is 24.8. The number of benzene rings is 4. The van der Waals surface area contributed by atoms with E-state index >= 15 is 0 Å². The number of nitrogens with one attached hydrogen (secondary N) is 1. The average molecular weight is 528 g/mol. The molecule has 37 heavy (non-hydrogen) atoms. The van der Waals surface area contributed by atoms with Gasteiger partial charge in [-0.05, 0) is 59.9 Å². The minimum atomic E-state index is -4.16. The highest BCUT2D eigenvalue weighted by atomic mass is 32.3. The molecule has 0 radical (unpaired) electrons. The van der Waals surface area contributed by atoms with E-state index in [9.17, 15) is 13.2 Å². The van der Waals surface area contributed by atoms with Crippen molar-refractivity contribution in [2.75, 3.05) is 0 Å². The zero-order valence-electron chi connectivity index (χ0n) is 19.9. The van der Waals surface area contributed by atoms with Gasteiger partial charge >= 0.3 is 0 Å². The molecule has 5 rings (SSSR count). The van der Waals surface area contributed by atoms with Crippen molar-refractivity contribution in [1.82, 2.24) is 9.97 Å². The van der Waals surface area contributed by atoms with Gasteiger partial charge in [-0.2, -0.15) is 0 Å². The number of H-pyrrole nitrogens is 1. The molecule has 1 atom stereocenters. The lowest BCUT2D eigenvalue weighted by molar-refractivity contribution is -0.118. The number of nitrogens with zero attached hydrogens (tertiary/aromatic N) is 1. The standard InChI is InChI=1S/C29H25N3O3S2/c30-28(33)29(37(34,35)25-9-5-2-6-10-25,36-24-15-16-26-27(19-24)32-20-31-26)18-17-21-11-13-23(14-12-21)22-7-3-1-4-8-22/h1-16,19-20H,17-18H2,(H2,30,33)(H,31,32). The van der Waals surface area contributed by atoms with Crippen LogP contribution in [0.2, 0.25) is 0 Å². The van der Waals surface area contributed by atoms with Crippen molar-refractivity contribution in [2.45, 2.75) is 26.7 Å². The molecule has 0 saturated heterocycles. The lowest BCUT2D eigenvalue weighted by Gasteiger charge is -2.30. The summed E-state index contributed by atoms with van der Waals surface area (Å²) in [6.45, 7) is 0. The Bertz CT molecular complexity index is 1630. The highest BCUT2D eigenvalue weighted by molar-refractivity contribution is 8.15. The Morgan fingerprint density at radius 1 is 0.865 bits per heavy atom. The highest BCUT2D eigenvalue weighted by Crippen LogP contribution is 2.44. The van der Waals surface area contributed by atoms with Crippen molar-refractivity contribution in [1.29, 1.82) is 0 Å². The van der Waals surface area contributed by atoms with Crippen molar-refractivity contribution in [3.8, 4) is 11.1 Å². The number of rotatable bonds is 9. The van der Waals surface area contributed by atoms with Crippen molar-refractivity contribution < 1.29 is 13.2 Å². The predicted molar refractivity (Wildman–Crippen MR) is 148 cm³/mol. The molecule has 0 saturated carbocycles. The molecule has 186 valence electrons. The maximum atomic E-state index is 14.0. The number of aromatic nitrogens is 2. The van der Waals surface area contributed by atoms with E-state index in [2.05, 4.69) is 9.97 Å². The molecule has 0 fully saturated rings. The van der Waals surface area contributed by atoms with Crippen LogP contribution >= 0.6 is 11.8 Å². The Hall–Kier alpha value is -3.88. The molecule has 1 aromatic heterocycles. The van der Waals surface area contributed by atoms with Crippen LogP contribution in [0.3, 0.4) is 0 Å². The normalized spacial score (nSPS) is 13.3. The van der Waals surface area contributed by atoms with Gasteiger partial charge in [0.1, 0.15) is 0 Å². The fourth-order valence-electron chi connectivity index (χ4n) is 4.31. The van der Waals surface area contributed by atoms with Crippen LogP contribution < -0.4 is 5.73 Å². The molecule has 1 heterocycles. The number of carbonyl (C=O) groups is 1. The smallest absolute Gasteiger partial charge is 0.249 e. The van der Waals surface area contributed by atoms with Crippen molar-refractivity contribution in [3.05, 3.63) is 115 Å². The van der Waals surface area contributed by atoms with Gasteiger partial charge in [0, 0.05) is 4.90 Å². The van der Waals surface area contributed by atoms with Crippen LogP contribution in [0.15, 0.2) is 119 Å². The number of thioether (sulfide) groups is 1. The molecular formula is C29H25N3O3S2. The topological polar surface area (TPSA) is 106 Å². The number of hydrogen-bond acceptors (Lipinski definition) is 5. The monoisotopic (exact) mass is 527 g/mol. The van der Waals surface area contributed by atoms with Gasteiger partial charge in [-0.15, -0.1) is 0 Å². The average Bonchev–Trinajstić information content (AvgIpc) is 3.40. The summed E-state index contributed by atoms with van der Waals surface area (Å²) < 4.78 is 26.1. The maximum absolute atomic E-state index is 14.0. The number of amides is 1. The van der Waals surface area contributed by atoms with E-state index in [1.165, 1.54) is 12.1 Å². The predicted octanol–water partition coefficient (Wildman–Crippen LogP) is 5.61. The number of fused-ring (bicyclic) bond motifs is 1. The highest BCUT2D eigenvalue weighted by Gasteiger charge is 2.51. The van der Waals surface area contributed by atoms with Crippen LogP contribution in [-0.2, 0) is 21.1 Å². The SMILES string of the molecule is NC(=O)C(CCc1ccc(-c2ccccc2)cc1)(Sc1ccc2nc[nH]c2c1)S(=O)(=O)c1ccccc1. The third-order valence-corrected chi connectivity index (χ3v) is 10.6. The number of nitrogens with two attached hydrogens (primary N) is 1. The van der Waals surface area contributed by atoms with Crippen molar-refractivity contribution >= 4 is 38.5 Å². The van der Waals surface area contributed by atoms with E-state index in [1.54, 1.807) is 42.7 Å². The maximum Gasteiger partial charge on any atom is 0.249 e. The minimum Gasteiger partial charge on any atom is -0.368 e. The van der Waals surface area contributed by atoms with Gasteiger partial charge in [0.15, 0.2) is 0 Å². The van der Waals surface area contributed by atoms with E-state index in [1.807, 2.05) is 54.6 Å². The second-order valence-corrected chi connectivity index (χ2v) is 12.5. The molecule has 3 N–H and O–H groups in total. The minimum absolute atomic E-state index is 0.00985. The first-order valence-corrected chi connectivity index (χ1v) is 14.1. The van der Waals surface area contributed by atoms with Crippen LogP contribution in [0.5, 0.6) is 0 Å². The zero-order valence-corrected chi connectivity index (χ0v) is 21.5. The number of primary amides is 1. The molecule has 4 aromatic carbocycles. The largest absolute Gasteiger partial charge is 0.368 e. The molecular weight excluding hydrogens is 502 g/mol. The van der Waals surface area contributed by atoms with Crippen molar-refractivity contribution in [3.63, 3.8) is 0 Å². The number of hydrogen-bond donors (Lipinski definition) is 2. The molecule has 8 heteroatoms. The van der Waals surface area contributed by atoms with Crippen LogP contribution in [-0.4, -0.2) is 28.4 Å². The van der Waals surface area contributed by atoms with Crippen LogP contribution in [0.4, 0.5) is 0 Å². The Balaban J connectivity index is 1.51. The summed E-state index contributed by atoms with van der Waals surface area (Å²) >= 11 is 0.973. The molecule has 0 aliphatic heterocycles. The number of imidazole rings is 1. The van der Waals surface area contributed by atoms with E-state index < -0.39 is 19.8 Å². The van der Waals surface area contributed by atoms with Crippen LogP contribution in [0.1, 0.15) is 12.0 Å². The summed E-state index contributed by atoms with van der Waals surface area (Å²) in [5.74, 6) is -0.896. The van der Waals surface area contributed by atoms with Gasteiger partial charge < -0.3 is 10.7 Å². The summed E-state index contributed by atoms with van der Waals surface area (Å²) in [6.07, 6.45) is 1.93. The first-order chi connectivity index (χ1) is 17.9. The Labute approximate surface area is 219 Å². The molecule has 0 bridgehead atoms. The number of sulfone groups is 1. The van der Waals surface area contributed by atoms with Gasteiger partial charge in [0.25, 0.3) is 0 Å². The third kappa shape index (κ3) is 4.90. The number of aryl methyl sites for hydroxylation is 1. The Kier molecular flexibility index (Phi) is 6.86. The molecule has 1 amide bonds. The fraction of sp³-hybridized carbons (Fsp3) is 0.103. The Morgan fingerprint density at radius 3 is 2.19 bits per heavy atom. The lowest BCUT2D eigenvalue weighted by atomic mass is 10.0. The van der Waals surface area contributed by atoms with E-state index in [0.717, 1.165) is 39.5 Å². The molecule has 1 unspecified atom stereocenters. The lowest BCUT2D eigenvalue weighted by Crippen LogP contribution is -2.48. The molecule has 0 aliphatic carbocycles. The van der Waals surface area contributed by atoms with Gasteiger partial charge in [0.05, 0.1) is 22.3 Å². The van der Waals surface area contributed by atoms with Crippen LogP contribution in [0, 0.1) is 0 Å². The van der Waals surface area contributed by atoms with Gasteiger partial charge in [-0.25, -0.2) is 13.4 Å². The molecule has 6 nitrogen and oxygen atoms in total. The van der Waals surface area contributed by atoms with Crippen molar-refractivity contribution in [2.24, 2.45) is 5.73 Å². The Morgan fingerprint density at radius 2 is 1.51 bits per heavy atom. The van der Waals surface area contributed by atoms with Gasteiger partial charge in [-0.3, -0.25) is 4.79 Å². The summed E-state index contributed by atoms with van der Waals surface area (Å²) in [5, 5.41) is 0. The third-order valence-electron chi connectivity index (χ3n) is 6.34. The van der Waals surface area contributed by atoms with E-state index in [4.69, 9.17) is 5.73 Å². The van der Waals surface area contributed by atoms with Gasteiger partial charge in [-0.1, -0.05) is 84.6 Å². The molecule has 0 spiro atoms. The first-order valence-electron chi connectivity index (χ1n) is 11.8. The quantitative estimate of drug-likeness (QED) is 0.242. The summed E-state index contributed by atoms with van der Waals surface area (Å²) in [7, 11) is -4.16. The zero-order chi connectivity index (χ0) is 25.9. The fourth-order valence-corrected chi connectivity index (χ4v) is 7.85. The van der Waals surface area contributed by atoms with E-state index in [0.29, 0.717) is 11.3 Å². The summed E-state index contributed by atoms with van der Waals surface area (Å²) in [6, 6.07) is 31.3. The summed E-state index contributed by atoms with van der Waals surface area (Å²) in [5.41, 5.74) is 10.5. The summed E-state index contributed by atoms with van der Waals surface area (Å²) in [4.78, 5) is 21.0. The number of carbonyl (C=O) groups excluding carboxylic acids is 1. The van der Waals surface area contributed by atoms with E-state index in [-0.39, 0.29) is 11.3 Å². The second kappa shape index (κ2) is 10.2. The second-order valence-electron chi connectivity index (χ2n) is 8.68.